The predicted molar refractivity (Wildman–Crippen MR) is 104 cm³/mol. The average Bonchev–Trinajstić information content (AvgIpc) is 3.50. The Morgan fingerprint density at radius 2 is 1.88 bits per heavy atom. The molecule has 1 fully saturated rings. The number of hydrogen-bond donors (Lipinski definition) is 2. The molecule has 1 aliphatic carbocycles. The number of carbonyl (C=O) groups is 1. The summed E-state index contributed by atoms with van der Waals surface area (Å²) in [7, 11) is 0. The first-order chi connectivity index (χ1) is 12.7. The number of amides is 1. The lowest BCUT2D eigenvalue weighted by Crippen LogP contribution is -2.30. The smallest absolute Gasteiger partial charge is 0.223 e. The molecule has 0 spiro atoms. The molecule has 1 aliphatic rings. The molecule has 0 aliphatic heterocycles. The predicted octanol–water partition coefficient (Wildman–Crippen LogP) is 3.89. The minimum atomic E-state index is 0.149. The second kappa shape index (κ2) is 7.30. The molecule has 1 heterocycles. The number of benzene rings is 2. The van der Waals surface area contributed by atoms with Crippen molar-refractivity contribution in [2.45, 2.75) is 12.8 Å². The van der Waals surface area contributed by atoms with Crippen molar-refractivity contribution < 1.29 is 4.79 Å². The van der Waals surface area contributed by atoms with E-state index in [0.717, 1.165) is 35.1 Å². The van der Waals surface area contributed by atoms with Crippen molar-refractivity contribution in [3.05, 3.63) is 53.6 Å². The van der Waals surface area contributed by atoms with E-state index in [9.17, 15) is 4.79 Å². The summed E-state index contributed by atoms with van der Waals surface area (Å²) >= 11 is 6.14. The SMILES string of the molecule is O=C(NCCNc1nc(-c2ccccc2)nc2cc(Cl)ccc12)C1CC1. The minimum Gasteiger partial charge on any atom is -0.368 e. The highest BCUT2D eigenvalue weighted by atomic mass is 35.5. The van der Waals surface area contributed by atoms with E-state index in [0.29, 0.717) is 23.9 Å². The van der Waals surface area contributed by atoms with Gasteiger partial charge in [0.2, 0.25) is 5.91 Å². The topological polar surface area (TPSA) is 66.9 Å². The molecule has 0 atom stereocenters. The maximum Gasteiger partial charge on any atom is 0.223 e. The summed E-state index contributed by atoms with van der Waals surface area (Å²) in [5.74, 6) is 1.76. The molecule has 0 bridgehead atoms. The van der Waals surface area contributed by atoms with Crippen LogP contribution in [0.3, 0.4) is 0 Å². The fraction of sp³-hybridized carbons (Fsp3) is 0.250. The van der Waals surface area contributed by atoms with E-state index in [2.05, 4.69) is 20.6 Å². The van der Waals surface area contributed by atoms with Gasteiger partial charge in [-0.25, -0.2) is 9.97 Å². The van der Waals surface area contributed by atoms with Crippen LogP contribution in [-0.2, 0) is 4.79 Å². The summed E-state index contributed by atoms with van der Waals surface area (Å²) in [5.41, 5.74) is 1.73. The maximum absolute atomic E-state index is 11.7. The lowest BCUT2D eigenvalue weighted by Gasteiger charge is -2.12. The van der Waals surface area contributed by atoms with Crippen LogP contribution in [0.25, 0.3) is 22.3 Å². The second-order valence-corrected chi connectivity index (χ2v) is 6.85. The molecule has 1 aromatic heterocycles. The first kappa shape index (κ1) is 16.8. The third kappa shape index (κ3) is 3.78. The Morgan fingerprint density at radius 1 is 1.08 bits per heavy atom. The van der Waals surface area contributed by atoms with Crippen molar-refractivity contribution >= 4 is 34.2 Å². The van der Waals surface area contributed by atoms with E-state index < -0.39 is 0 Å². The zero-order valence-electron chi connectivity index (χ0n) is 14.2. The zero-order chi connectivity index (χ0) is 17.9. The van der Waals surface area contributed by atoms with E-state index in [1.54, 1.807) is 0 Å². The van der Waals surface area contributed by atoms with Gasteiger partial charge in [-0.1, -0.05) is 41.9 Å². The lowest BCUT2D eigenvalue weighted by molar-refractivity contribution is -0.122. The van der Waals surface area contributed by atoms with Crippen molar-refractivity contribution in [3.63, 3.8) is 0 Å². The number of aromatic nitrogens is 2. The molecule has 0 saturated heterocycles. The van der Waals surface area contributed by atoms with E-state index >= 15 is 0 Å². The highest BCUT2D eigenvalue weighted by molar-refractivity contribution is 6.31. The molecular weight excluding hydrogens is 348 g/mol. The van der Waals surface area contributed by atoms with E-state index in [4.69, 9.17) is 11.6 Å². The van der Waals surface area contributed by atoms with Crippen LogP contribution in [0.2, 0.25) is 5.02 Å². The highest BCUT2D eigenvalue weighted by Gasteiger charge is 2.28. The molecule has 5 nitrogen and oxygen atoms in total. The Balaban J connectivity index is 1.58. The number of rotatable bonds is 6. The molecule has 0 radical (unpaired) electrons. The van der Waals surface area contributed by atoms with Crippen LogP contribution in [0.5, 0.6) is 0 Å². The van der Waals surface area contributed by atoms with Gasteiger partial charge in [-0.3, -0.25) is 4.79 Å². The van der Waals surface area contributed by atoms with Crippen LogP contribution < -0.4 is 10.6 Å². The summed E-state index contributed by atoms with van der Waals surface area (Å²) in [6.45, 7) is 1.16. The minimum absolute atomic E-state index is 0.149. The molecule has 4 rings (SSSR count). The molecule has 6 heteroatoms. The van der Waals surface area contributed by atoms with E-state index in [-0.39, 0.29) is 11.8 Å². The van der Waals surface area contributed by atoms with Gasteiger partial charge >= 0.3 is 0 Å². The van der Waals surface area contributed by atoms with Crippen molar-refractivity contribution in [2.24, 2.45) is 5.92 Å². The van der Waals surface area contributed by atoms with Gasteiger partial charge in [0.25, 0.3) is 0 Å². The van der Waals surface area contributed by atoms with Crippen molar-refractivity contribution in [2.75, 3.05) is 18.4 Å². The molecule has 1 amide bonds. The molecule has 132 valence electrons. The first-order valence-electron chi connectivity index (χ1n) is 8.75. The average molecular weight is 367 g/mol. The largest absolute Gasteiger partial charge is 0.368 e. The number of halogens is 1. The maximum atomic E-state index is 11.7. The van der Waals surface area contributed by atoms with Crippen molar-refractivity contribution in [1.82, 2.24) is 15.3 Å². The Labute approximate surface area is 156 Å². The third-order valence-corrected chi connectivity index (χ3v) is 4.59. The second-order valence-electron chi connectivity index (χ2n) is 6.42. The molecule has 0 unspecified atom stereocenters. The van der Waals surface area contributed by atoms with Gasteiger partial charge in [-0.15, -0.1) is 0 Å². The number of anilines is 1. The molecule has 26 heavy (non-hydrogen) atoms. The van der Waals surface area contributed by atoms with Gasteiger partial charge in [0.05, 0.1) is 5.52 Å². The van der Waals surface area contributed by atoms with Gasteiger partial charge in [0.1, 0.15) is 5.82 Å². The lowest BCUT2D eigenvalue weighted by atomic mass is 10.2. The summed E-state index contributed by atoms with van der Waals surface area (Å²) < 4.78 is 0. The normalized spacial score (nSPS) is 13.6. The molecule has 2 N–H and O–H groups in total. The standard InChI is InChI=1S/C20H19ClN4O/c21-15-8-9-16-17(12-15)24-18(13-4-2-1-3-5-13)25-19(16)22-10-11-23-20(26)14-6-7-14/h1-5,8-9,12,14H,6-7,10-11H2,(H,23,26)(H,22,24,25). The van der Waals surface area contributed by atoms with Gasteiger partial charge in [0, 0.05) is 35.0 Å². The Hall–Kier alpha value is -2.66. The number of nitrogens with one attached hydrogen (secondary N) is 2. The van der Waals surface area contributed by atoms with Gasteiger partial charge < -0.3 is 10.6 Å². The van der Waals surface area contributed by atoms with Crippen LogP contribution in [0, 0.1) is 5.92 Å². The highest BCUT2D eigenvalue weighted by Crippen LogP contribution is 2.29. The number of carbonyl (C=O) groups excluding carboxylic acids is 1. The third-order valence-electron chi connectivity index (χ3n) is 4.36. The Bertz CT molecular complexity index is 941. The number of fused-ring (bicyclic) bond motifs is 1. The van der Waals surface area contributed by atoms with Crippen LogP contribution in [0.4, 0.5) is 5.82 Å². The fourth-order valence-electron chi connectivity index (χ4n) is 2.81. The molecular formula is C20H19ClN4O. The summed E-state index contributed by atoms with van der Waals surface area (Å²) in [4.78, 5) is 21.1. The number of hydrogen-bond acceptors (Lipinski definition) is 4. The van der Waals surface area contributed by atoms with Crippen molar-refractivity contribution in [1.29, 1.82) is 0 Å². The summed E-state index contributed by atoms with van der Waals surface area (Å²) in [5, 5.41) is 7.82. The fourth-order valence-corrected chi connectivity index (χ4v) is 2.98. The van der Waals surface area contributed by atoms with Crippen LogP contribution in [0.15, 0.2) is 48.5 Å². The summed E-state index contributed by atoms with van der Waals surface area (Å²) in [6, 6.07) is 15.4. The van der Waals surface area contributed by atoms with E-state index in [1.165, 1.54) is 0 Å². The zero-order valence-corrected chi connectivity index (χ0v) is 15.0. The number of nitrogens with zero attached hydrogens (tertiary/aromatic N) is 2. The molecule has 1 saturated carbocycles. The summed E-state index contributed by atoms with van der Waals surface area (Å²) in [6.07, 6.45) is 2.02. The van der Waals surface area contributed by atoms with Crippen molar-refractivity contribution in [3.8, 4) is 11.4 Å². The Kier molecular flexibility index (Phi) is 4.71. The quantitative estimate of drug-likeness (QED) is 0.649. The van der Waals surface area contributed by atoms with Crippen LogP contribution in [0.1, 0.15) is 12.8 Å². The van der Waals surface area contributed by atoms with Gasteiger partial charge in [-0.2, -0.15) is 0 Å². The molecule has 3 aromatic rings. The monoisotopic (exact) mass is 366 g/mol. The van der Waals surface area contributed by atoms with Crippen LogP contribution >= 0.6 is 11.6 Å². The first-order valence-corrected chi connectivity index (χ1v) is 9.13. The van der Waals surface area contributed by atoms with Crippen LogP contribution in [-0.4, -0.2) is 29.0 Å². The van der Waals surface area contributed by atoms with Gasteiger partial charge in [-0.05, 0) is 31.0 Å². The van der Waals surface area contributed by atoms with Gasteiger partial charge in [0.15, 0.2) is 5.82 Å². The molecule has 2 aromatic carbocycles. The van der Waals surface area contributed by atoms with E-state index in [1.807, 2.05) is 48.5 Å². The Morgan fingerprint density at radius 3 is 2.65 bits per heavy atom.